The van der Waals surface area contributed by atoms with Crippen molar-refractivity contribution in [2.24, 2.45) is 0 Å². The van der Waals surface area contributed by atoms with Gasteiger partial charge in [0, 0.05) is 56.2 Å². The first-order valence-corrected chi connectivity index (χ1v) is 8.44. The van der Waals surface area contributed by atoms with E-state index >= 15 is 0 Å². The average molecular weight is 336 g/mol. The molecule has 1 aliphatic rings. The molecule has 0 saturated carbocycles. The summed E-state index contributed by atoms with van der Waals surface area (Å²) in [5.74, 6) is -0.903. The molecule has 3 aromatic rings. The second kappa shape index (κ2) is 6.57. The van der Waals surface area contributed by atoms with Gasteiger partial charge in [-0.2, -0.15) is 0 Å². The highest BCUT2D eigenvalue weighted by atomic mass is 16.4. The monoisotopic (exact) mass is 336 g/mol. The molecule has 0 bridgehead atoms. The maximum absolute atomic E-state index is 11.0. The zero-order chi connectivity index (χ0) is 17.2. The minimum Gasteiger partial charge on any atom is -0.478 e. The van der Waals surface area contributed by atoms with Crippen molar-refractivity contribution in [2.45, 2.75) is 6.54 Å². The third-order valence-electron chi connectivity index (χ3n) is 4.65. The van der Waals surface area contributed by atoms with Gasteiger partial charge in [-0.25, -0.2) is 9.78 Å². The van der Waals surface area contributed by atoms with E-state index in [9.17, 15) is 4.79 Å². The van der Waals surface area contributed by atoms with E-state index in [0.717, 1.165) is 42.8 Å². The van der Waals surface area contributed by atoms with Gasteiger partial charge in [0.05, 0.1) is 5.56 Å². The molecule has 0 spiro atoms. The molecule has 25 heavy (non-hydrogen) atoms. The summed E-state index contributed by atoms with van der Waals surface area (Å²) >= 11 is 0. The predicted molar refractivity (Wildman–Crippen MR) is 97.3 cm³/mol. The van der Waals surface area contributed by atoms with Gasteiger partial charge in [0.1, 0.15) is 5.65 Å². The van der Waals surface area contributed by atoms with Crippen LogP contribution in [0.1, 0.15) is 15.9 Å². The summed E-state index contributed by atoms with van der Waals surface area (Å²) in [5.41, 5.74) is 3.54. The van der Waals surface area contributed by atoms with Crippen LogP contribution >= 0.6 is 0 Å². The summed E-state index contributed by atoms with van der Waals surface area (Å²) in [4.78, 5) is 17.9. The Morgan fingerprint density at radius 3 is 2.60 bits per heavy atom. The SMILES string of the molecule is O=C(O)c1ccc(Cn2ccc3c(N4CCNCC4)ccnc32)cc1. The van der Waals surface area contributed by atoms with E-state index in [1.807, 2.05) is 18.3 Å². The first kappa shape index (κ1) is 15.7. The average Bonchev–Trinajstić information content (AvgIpc) is 3.06. The van der Waals surface area contributed by atoms with Crippen LogP contribution in [0.3, 0.4) is 0 Å². The largest absolute Gasteiger partial charge is 0.478 e. The Labute approximate surface area is 145 Å². The van der Waals surface area contributed by atoms with Crippen LogP contribution in [0.15, 0.2) is 48.8 Å². The van der Waals surface area contributed by atoms with Crippen LogP contribution < -0.4 is 10.2 Å². The number of hydrogen-bond acceptors (Lipinski definition) is 4. The quantitative estimate of drug-likeness (QED) is 0.764. The van der Waals surface area contributed by atoms with Gasteiger partial charge in [-0.05, 0) is 29.8 Å². The highest BCUT2D eigenvalue weighted by Gasteiger charge is 2.15. The molecule has 0 atom stereocenters. The van der Waals surface area contributed by atoms with Gasteiger partial charge < -0.3 is 19.9 Å². The first-order chi connectivity index (χ1) is 12.2. The molecule has 2 N–H and O–H groups in total. The van der Waals surface area contributed by atoms with Crippen LogP contribution in [0.25, 0.3) is 11.0 Å². The standard InChI is InChI=1S/C19H20N4O2/c24-19(25)15-3-1-14(2-4-15)13-23-10-6-16-17(5-7-21-18(16)23)22-11-8-20-9-12-22/h1-7,10,20H,8-9,11-13H2,(H,24,25). The van der Waals surface area contributed by atoms with Crippen molar-refractivity contribution < 1.29 is 9.90 Å². The number of hydrogen-bond donors (Lipinski definition) is 2. The van der Waals surface area contributed by atoms with Gasteiger partial charge in [0.2, 0.25) is 0 Å². The Kier molecular flexibility index (Phi) is 4.11. The summed E-state index contributed by atoms with van der Waals surface area (Å²) in [6.07, 6.45) is 3.91. The van der Waals surface area contributed by atoms with E-state index in [1.165, 1.54) is 5.69 Å². The number of fused-ring (bicyclic) bond motifs is 1. The third-order valence-corrected chi connectivity index (χ3v) is 4.65. The van der Waals surface area contributed by atoms with Gasteiger partial charge in [-0.15, -0.1) is 0 Å². The lowest BCUT2D eigenvalue weighted by Gasteiger charge is -2.29. The van der Waals surface area contributed by atoms with Gasteiger partial charge in [-0.1, -0.05) is 12.1 Å². The molecular weight excluding hydrogens is 316 g/mol. The molecule has 128 valence electrons. The predicted octanol–water partition coefficient (Wildman–Crippen LogP) is 2.19. The molecule has 6 nitrogen and oxygen atoms in total. The van der Waals surface area contributed by atoms with Crippen LogP contribution in [-0.2, 0) is 6.54 Å². The highest BCUT2D eigenvalue weighted by Crippen LogP contribution is 2.27. The molecule has 4 rings (SSSR count). The van der Waals surface area contributed by atoms with Crippen molar-refractivity contribution in [2.75, 3.05) is 31.1 Å². The fourth-order valence-corrected chi connectivity index (χ4v) is 3.33. The molecule has 1 saturated heterocycles. The van der Waals surface area contributed by atoms with Crippen LogP contribution in [0.4, 0.5) is 5.69 Å². The molecule has 2 aromatic heterocycles. The van der Waals surface area contributed by atoms with E-state index in [1.54, 1.807) is 12.1 Å². The second-order valence-corrected chi connectivity index (χ2v) is 6.25. The molecule has 0 amide bonds. The molecule has 3 heterocycles. The number of aromatic carboxylic acids is 1. The number of carboxylic acids is 1. The van der Waals surface area contributed by atoms with Crippen LogP contribution in [-0.4, -0.2) is 46.8 Å². The molecule has 6 heteroatoms. The number of carbonyl (C=O) groups is 1. The lowest BCUT2D eigenvalue weighted by molar-refractivity contribution is 0.0697. The van der Waals surface area contributed by atoms with Gasteiger partial charge >= 0.3 is 5.97 Å². The van der Waals surface area contributed by atoms with Crippen molar-refractivity contribution in [3.8, 4) is 0 Å². The number of rotatable bonds is 4. The number of aromatic nitrogens is 2. The number of nitrogens with zero attached hydrogens (tertiary/aromatic N) is 3. The Hall–Kier alpha value is -2.86. The number of nitrogens with one attached hydrogen (secondary N) is 1. The fourth-order valence-electron chi connectivity index (χ4n) is 3.33. The molecule has 0 unspecified atom stereocenters. The summed E-state index contributed by atoms with van der Waals surface area (Å²) in [7, 11) is 0. The number of piperazine rings is 1. The Bertz CT molecular complexity index is 895. The normalized spacial score (nSPS) is 14.8. The van der Waals surface area contributed by atoms with Crippen molar-refractivity contribution in [1.82, 2.24) is 14.9 Å². The number of anilines is 1. The summed E-state index contributed by atoms with van der Waals surface area (Å²) in [6.45, 7) is 4.67. The number of pyridine rings is 1. The van der Waals surface area contributed by atoms with Crippen molar-refractivity contribution in [1.29, 1.82) is 0 Å². The minimum atomic E-state index is -0.903. The molecular formula is C19H20N4O2. The molecule has 0 aliphatic carbocycles. The third kappa shape index (κ3) is 3.08. The fraction of sp³-hybridized carbons (Fsp3) is 0.263. The smallest absolute Gasteiger partial charge is 0.335 e. The molecule has 0 radical (unpaired) electrons. The van der Waals surface area contributed by atoms with E-state index in [4.69, 9.17) is 5.11 Å². The zero-order valence-corrected chi connectivity index (χ0v) is 13.9. The number of carboxylic acid groups (broad SMARTS) is 1. The number of benzene rings is 1. The maximum Gasteiger partial charge on any atom is 0.335 e. The van der Waals surface area contributed by atoms with Crippen molar-refractivity contribution in [3.05, 3.63) is 59.9 Å². The Morgan fingerprint density at radius 2 is 1.88 bits per heavy atom. The first-order valence-electron chi connectivity index (χ1n) is 8.44. The van der Waals surface area contributed by atoms with E-state index < -0.39 is 5.97 Å². The van der Waals surface area contributed by atoms with Crippen molar-refractivity contribution >= 4 is 22.7 Å². The van der Waals surface area contributed by atoms with Crippen LogP contribution in [0.2, 0.25) is 0 Å². The lowest BCUT2D eigenvalue weighted by Crippen LogP contribution is -2.43. The van der Waals surface area contributed by atoms with Gasteiger partial charge in [-0.3, -0.25) is 0 Å². The minimum absolute atomic E-state index is 0.306. The topological polar surface area (TPSA) is 70.4 Å². The highest BCUT2D eigenvalue weighted by molar-refractivity contribution is 5.90. The lowest BCUT2D eigenvalue weighted by atomic mass is 10.1. The van der Waals surface area contributed by atoms with Gasteiger partial charge in [0.25, 0.3) is 0 Å². The molecule has 1 aliphatic heterocycles. The van der Waals surface area contributed by atoms with Crippen LogP contribution in [0.5, 0.6) is 0 Å². The summed E-state index contributed by atoms with van der Waals surface area (Å²) < 4.78 is 2.11. The van der Waals surface area contributed by atoms with Crippen LogP contribution in [0, 0.1) is 0 Å². The van der Waals surface area contributed by atoms with E-state index in [0.29, 0.717) is 12.1 Å². The van der Waals surface area contributed by atoms with E-state index in [-0.39, 0.29) is 0 Å². The Morgan fingerprint density at radius 1 is 1.12 bits per heavy atom. The van der Waals surface area contributed by atoms with Crippen molar-refractivity contribution in [3.63, 3.8) is 0 Å². The molecule has 1 fully saturated rings. The molecule has 1 aromatic carbocycles. The summed E-state index contributed by atoms with van der Waals surface area (Å²) in [5, 5.41) is 13.5. The Balaban J connectivity index is 1.63. The van der Waals surface area contributed by atoms with Gasteiger partial charge in [0.15, 0.2) is 0 Å². The van der Waals surface area contributed by atoms with E-state index in [2.05, 4.69) is 38.1 Å². The zero-order valence-electron chi connectivity index (χ0n) is 13.9. The summed E-state index contributed by atoms with van der Waals surface area (Å²) in [6, 6.07) is 11.2. The second-order valence-electron chi connectivity index (χ2n) is 6.25. The maximum atomic E-state index is 11.0.